The number of aryl methyl sites for hydroxylation is 1. The second kappa shape index (κ2) is 13.5. The number of benzene rings is 20. The van der Waals surface area contributed by atoms with Crippen LogP contribution in [0.25, 0.3) is 303 Å². The van der Waals surface area contributed by atoms with Gasteiger partial charge < -0.3 is 18.9 Å². The van der Waals surface area contributed by atoms with Gasteiger partial charge in [-0.3, -0.25) is 4.90 Å². The average Bonchev–Trinajstić information content (AvgIpc) is 1.38. The Balaban J connectivity index is 0.787. The summed E-state index contributed by atoms with van der Waals surface area (Å²) in [5.41, 5.74) is 10.2. The number of nitrogens with zero attached hydrogens (tertiary/aromatic N) is 1. The molecule has 1 unspecified atom stereocenters. The second-order valence-corrected chi connectivity index (χ2v) is 36.5. The molecule has 1 aliphatic heterocycles. The van der Waals surface area contributed by atoms with Gasteiger partial charge in [0.2, 0.25) is 0 Å². The van der Waals surface area contributed by atoms with E-state index in [0.29, 0.717) is 50.1 Å². The van der Waals surface area contributed by atoms with Crippen LogP contribution < -0.4 is 18.9 Å². The van der Waals surface area contributed by atoms with Crippen molar-refractivity contribution in [2.24, 2.45) is 23.7 Å². The lowest BCUT2D eigenvalue weighted by Crippen LogP contribution is -2.52. The molecule has 35 rings (SSSR count). The molecule has 480 valence electrons. The van der Waals surface area contributed by atoms with Crippen molar-refractivity contribution >= 4 is 303 Å². The molecule has 1 saturated heterocycles. The first-order chi connectivity index (χ1) is 50.6. The molecule has 1 fully saturated rings. The van der Waals surface area contributed by atoms with E-state index in [1.165, 1.54) is 5.56 Å². The fourth-order valence-electron chi connectivity index (χ4n) is 29.4. The van der Waals surface area contributed by atoms with E-state index in [1.54, 1.807) is 313 Å². The molecule has 0 radical (unpaired) electrons. The molecule has 30 aromatic rings. The highest BCUT2D eigenvalue weighted by Gasteiger charge is 2.76. The number of hydrogen-bond donors (Lipinski definition) is 0. The maximum atomic E-state index is 7.86. The Labute approximate surface area is 583 Å². The smallest absolute Gasteiger partial charge is 0.127 e. The predicted molar refractivity (Wildman–Crippen MR) is 436 cm³/mol. The molecule has 5 nitrogen and oxygen atoms in total. The van der Waals surface area contributed by atoms with Gasteiger partial charge in [0.05, 0.1) is 43.3 Å². The third kappa shape index (κ3) is 3.71. The van der Waals surface area contributed by atoms with E-state index in [9.17, 15) is 0 Å². The molecular weight excluding hydrogens is 1260 g/mol. The maximum absolute atomic E-state index is 7.86. The van der Waals surface area contributed by atoms with E-state index in [1.807, 2.05) is 0 Å². The van der Waals surface area contributed by atoms with Crippen LogP contribution in [0, 0.1) is 30.6 Å². The van der Waals surface area contributed by atoms with Gasteiger partial charge in [-0.2, -0.15) is 0 Å². The summed E-state index contributed by atoms with van der Waals surface area (Å²) in [6, 6.07) is 9.36. The molecular formula is C98H59NO4. The molecule has 1 heterocycles. The number of rotatable bonds is 19. The summed E-state index contributed by atoms with van der Waals surface area (Å²) in [7, 11) is 2.58. The predicted octanol–water partition coefficient (Wildman–Crippen LogP) is 26.2. The summed E-state index contributed by atoms with van der Waals surface area (Å²) in [6.07, 6.45) is 8.82. The van der Waals surface area contributed by atoms with Gasteiger partial charge in [0.1, 0.15) is 23.0 Å². The van der Waals surface area contributed by atoms with Gasteiger partial charge in [-0.05, 0) is 381 Å². The molecule has 0 saturated carbocycles. The van der Waals surface area contributed by atoms with Crippen molar-refractivity contribution in [3.8, 4) is 23.0 Å². The molecule has 4 aliphatic carbocycles. The van der Waals surface area contributed by atoms with Crippen LogP contribution in [-0.2, 0) is 10.8 Å². The minimum atomic E-state index is -0.567. The van der Waals surface area contributed by atoms with Crippen molar-refractivity contribution < 1.29 is 18.9 Å². The maximum Gasteiger partial charge on any atom is 0.127 e. The normalized spacial score (nSPS) is 21.3. The van der Waals surface area contributed by atoms with E-state index >= 15 is 0 Å². The summed E-state index contributed by atoms with van der Waals surface area (Å²) in [6.45, 7) is 24.2. The lowest BCUT2D eigenvalue weighted by Gasteiger charge is -2.52. The molecule has 0 aromatic heterocycles. The van der Waals surface area contributed by atoms with Gasteiger partial charge in [0, 0.05) is 23.2 Å². The van der Waals surface area contributed by atoms with Crippen LogP contribution in [0.5, 0.6) is 23.0 Å². The molecule has 2 spiro atoms. The van der Waals surface area contributed by atoms with Crippen LogP contribution >= 0.6 is 0 Å². The number of likely N-dealkylation sites (tertiary alicyclic amines) is 1. The topological polar surface area (TPSA) is 40.2 Å². The van der Waals surface area contributed by atoms with Crippen molar-refractivity contribution in [1.29, 1.82) is 0 Å². The van der Waals surface area contributed by atoms with Crippen molar-refractivity contribution in [2.75, 3.05) is 40.0 Å². The summed E-state index contributed by atoms with van der Waals surface area (Å²) in [5, 5.41) is 88.2. The van der Waals surface area contributed by atoms with Crippen LogP contribution in [0.2, 0.25) is 0 Å². The largest absolute Gasteiger partial charge is 0.493 e. The Morgan fingerprint density at radius 2 is 0.534 bits per heavy atom. The van der Waals surface area contributed by atoms with E-state index in [0.717, 1.165) is 71.9 Å². The third-order valence-corrected chi connectivity index (χ3v) is 33.0. The lowest BCUT2D eigenvalue weighted by molar-refractivity contribution is 0.227. The van der Waals surface area contributed by atoms with Gasteiger partial charge in [0.25, 0.3) is 0 Å². The Morgan fingerprint density at radius 3 is 0.806 bits per heavy atom. The fourth-order valence-corrected chi connectivity index (χ4v) is 29.4. The molecule has 0 N–H and O–H groups in total. The van der Waals surface area contributed by atoms with Gasteiger partial charge in [0.15, 0.2) is 0 Å². The van der Waals surface area contributed by atoms with E-state index in [-0.39, 0.29) is 6.04 Å². The van der Waals surface area contributed by atoms with Crippen LogP contribution in [0.15, 0.2) is 24.3 Å². The Morgan fingerprint density at radius 1 is 0.311 bits per heavy atom. The number of hydrogen-bond acceptors (Lipinski definition) is 5. The van der Waals surface area contributed by atoms with Gasteiger partial charge in [-0.1, -0.05) is 93.2 Å². The Bertz CT molecular complexity index is 8540. The zero-order valence-electron chi connectivity index (χ0n) is 58.8. The molecule has 30 aromatic carbocycles. The molecule has 5 heteroatoms. The standard InChI is InChI=1S/C98H59NO4/c1-11-26(5)21-100-34-18-31(35(17-30(34)9)101-22-27(6)12-2)15-16-32-19-37(103-24-29(8)14-4)33(20-36(32)102-23-28(7)13-3)96-98-94-88-82-72-60-52-44-40-38-39-42-46(44)54(60)64-58-50(42)51-43(39)47-45-41(38)49-48(40)56-62(52)70-76-66(56)67-57(49)63-53(45)61-55(47)65-59(51)69-68(58)80(74(64)82)90(94)91-81(69)75(65)83-73(61)79-71(63)77(67)85-84(76)92(86(88)78(70)72)97(98,25-99(96)10)93(85)87(79)89(83)95(91)98/h15-20,26-29,96H,11-14,21-25H2,1-10H3/b16-15+/t26-,27-,28-,29-,96?,97?,98?/m0/s1. The SMILES string of the molecule is CC[C@H](C)COc1cc(/C=C/c2cc(OC[C@@H](C)CC)c(C3N(C)CC45c6c7c8c9c%10c%11c(c%12c%13c4c4c6c6c%14c7c7c8c8c%10c%10c%15c%11c%11c%12c%12c%13c%13c4c4c6c6c%14c%14c7c7c8c%10c8c%10c%15c%11c%11c%12c%12c%13c4c4c6c6c%14c7c8c7c%10c%11c%12c4c67)C935)cc2OC[C@@H](C)CC)c(OC[C@@H](C)CC)cc1C. The summed E-state index contributed by atoms with van der Waals surface area (Å²) in [4.78, 5) is 2.96. The second-order valence-electron chi connectivity index (χ2n) is 36.5. The average molecular weight is 1310 g/mol. The molecule has 103 heavy (non-hydrogen) atoms. The lowest BCUT2D eigenvalue weighted by atomic mass is 9.47. The Hall–Kier alpha value is -10.2. The summed E-state index contributed by atoms with van der Waals surface area (Å²) >= 11 is 0. The van der Waals surface area contributed by atoms with E-state index in [4.69, 9.17) is 18.9 Å². The van der Waals surface area contributed by atoms with Crippen molar-refractivity contribution in [3.63, 3.8) is 0 Å². The zero-order chi connectivity index (χ0) is 66.0. The van der Waals surface area contributed by atoms with Crippen molar-refractivity contribution in [2.45, 2.75) is 105 Å². The van der Waals surface area contributed by atoms with Crippen LogP contribution in [-0.4, -0.2) is 44.9 Å². The highest BCUT2D eigenvalue weighted by Crippen LogP contribution is 2.87. The minimum absolute atomic E-state index is 0.137. The van der Waals surface area contributed by atoms with Crippen LogP contribution in [0.3, 0.4) is 0 Å². The minimum Gasteiger partial charge on any atom is -0.493 e. The zero-order valence-corrected chi connectivity index (χ0v) is 58.8. The quantitative estimate of drug-likeness (QED) is 0.0596. The third-order valence-electron chi connectivity index (χ3n) is 33.0. The van der Waals surface area contributed by atoms with Gasteiger partial charge in [-0.25, -0.2) is 0 Å². The van der Waals surface area contributed by atoms with Crippen molar-refractivity contribution in [1.82, 2.24) is 4.90 Å². The number of ether oxygens (including phenoxy) is 4. The fraction of sp³-hybridized carbons (Fsp3) is 0.265. The van der Waals surface area contributed by atoms with Crippen LogP contribution in [0.1, 0.15) is 132 Å². The highest BCUT2D eigenvalue weighted by molar-refractivity contribution is 6.82. The van der Waals surface area contributed by atoms with Gasteiger partial charge >= 0.3 is 0 Å². The summed E-state index contributed by atoms with van der Waals surface area (Å²) in [5.74, 6) is 5.31. The Kier molecular flexibility index (Phi) is 6.48. The first-order valence-corrected chi connectivity index (χ1v) is 39.5. The molecule has 5 atom stereocenters. The first-order valence-electron chi connectivity index (χ1n) is 39.5. The molecule has 0 amide bonds. The summed E-state index contributed by atoms with van der Waals surface area (Å²) < 4.78 is 29.0. The monoisotopic (exact) mass is 1310 g/mol. The molecule has 5 aliphatic rings. The first kappa shape index (κ1) is 49.4. The van der Waals surface area contributed by atoms with E-state index < -0.39 is 10.8 Å². The van der Waals surface area contributed by atoms with Crippen LogP contribution in [0.4, 0.5) is 0 Å². The highest BCUT2D eigenvalue weighted by atomic mass is 16.5. The van der Waals surface area contributed by atoms with Gasteiger partial charge in [-0.15, -0.1) is 0 Å². The number of likely N-dealkylation sites (N-methyl/N-ethyl adjacent to an activating group) is 1. The van der Waals surface area contributed by atoms with E-state index in [2.05, 4.69) is 111 Å². The van der Waals surface area contributed by atoms with Crippen molar-refractivity contribution in [3.05, 3.63) is 68.8 Å². The molecule has 0 bridgehead atoms.